The molecule has 0 unspecified atom stereocenters. The van der Waals surface area contributed by atoms with E-state index in [1.54, 1.807) is 24.3 Å². The van der Waals surface area contributed by atoms with Crippen LogP contribution in [0.3, 0.4) is 0 Å². The molecule has 1 amide bonds. The number of amides is 1. The van der Waals surface area contributed by atoms with Gasteiger partial charge in [-0.3, -0.25) is 4.79 Å². The lowest BCUT2D eigenvalue weighted by Crippen LogP contribution is -2.41. The first-order valence-corrected chi connectivity index (χ1v) is 12.6. The summed E-state index contributed by atoms with van der Waals surface area (Å²) in [4.78, 5) is 13.1. The van der Waals surface area contributed by atoms with Crippen LogP contribution < -0.4 is 5.32 Å². The average molecular weight is 465 g/mol. The van der Waals surface area contributed by atoms with E-state index >= 15 is 0 Å². The Morgan fingerprint density at radius 2 is 1.58 bits per heavy atom. The normalized spacial score (nSPS) is 15.7. The molecule has 0 bridgehead atoms. The van der Waals surface area contributed by atoms with E-state index in [0.717, 1.165) is 16.7 Å². The van der Waals surface area contributed by atoms with Gasteiger partial charge in [-0.05, 0) is 41.3 Å². The molecule has 3 aromatic carbocycles. The number of rotatable bonds is 7. The summed E-state index contributed by atoms with van der Waals surface area (Å²) < 4.78 is 32.0. The maximum absolute atomic E-state index is 13.1. The van der Waals surface area contributed by atoms with Gasteiger partial charge in [0.15, 0.2) is 0 Å². The monoisotopic (exact) mass is 464 g/mol. The number of nitrogens with one attached hydrogen (secondary N) is 1. The van der Waals surface area contributed by atoms with Crippen molar-refractivity contribution in [2.75, 3.05) is 26.3 Å². The zero-order valence-electron chi connectivity index (χ0n) is 18.6. The standard InChI is InChI=1S/C26H28N2O4S/c1-20-7-5-6-10-24(20)25(22-8-3-2-4-9-22)27-26(29)23-13-11-21(12-14-23)19-33(30,31)28-15-17-32-18-16-28/h2-14,25H,15-19H2,1H3,(H,27,29)/t25-/m0/s1. The highest BCUT2D eigenvalue weighted by molar-refractivity contribution is 7.88. The van der Waals surface area contributed by atoms with Crippen molar-refractivity contribution in [3.8, 4) is 0 Å². The topological polar surface area (TPSA) is 75.7 Å². The van der Waals surface area contributed by atoms with Crippen molar-refractivity contribution in [2.24, 2.45) is 0 Å². The summed E-state index contributed by atoms with van der Waals surface area (Å²) in [6.07, 6.45) is 0. The highest BCUT2D eigenvalue weighted by atomic mass is 32.2. The van der Waals surface area contributed by atoms with E-state index in [9.17, 15) is 13.2 Å². The Kier molecular flexibility index (Phi) is 7.23. The Balaban J connectivity index is 1.50. The Morgan fingerprint density at radius 3 is 2.24 bits per heavy atom. The van der Waals surface area contributed by atoms with Crippen LogP contribution >= 0.6 is 0 Å². The summed E-state index contributed by atoms with van der Waals surface area (Å²) in [6, 6.07) is 24.3. The van der Waals surface area contributed by atoms with Crippen LogP contribution in [0.5, 0.6) is 0 Å². The summed E-state index contributed by atoms with van der Waals surface area (Å²) in [5.74, 6) is -0.306. The molecule has 1 aliphatic rings. The predicted molar refractivity (Wildman–Crippen MR) is 128 cm³/mol. The van der Waals surface area contributed by atoms with Gasteiger partial charge >= 0.3 is 0 Å². The number of sulfonamides is 1. The number of aryl methyl sites for hydroxylation is 1. The Bertz CT molecular complexity index is 1190. The molecular formula is C26H28N2O4S. The van der Waals surface area contributed by atoms with Crippen LogP contribution in [0.4, 0.5) is 0 Å². The fraction of sp³-hybridized carbons (Fsp3) is 0.269. The maximum Gasteiger partial charge on any atom is 0.252 e. The molecule has 0 radical (unpaired) electrons. The van der Waals surface area contributed by atoms with Gasteiger partial charge in [0.2, 0.25) is 10.0 Å². The van der Waals surface area contributed by atoms with E-state index in [1.807, 2.05) is 61.5 Å². The van der Waals surface area contributed by atoms with Crippen LogP contribution in [0, 0.1) is 6.92 Å². The number of nitrogens with zero attached hydrogens (tertiary/aromatic N) is 1. The van der Waals surface area contributed by atoms with Crippen molar-refractivity contribution in [2.45, 2.75) is 18.7 Å². The van der Waals surface area contributed by atoms with Crippen molar-refractivity contribution in [3.05, 3.63) is 107 Å². The van der Waals surface area contributed by atoms with E-state index in [1.165, 1.54) is 4.31 Å². The summed E-state index contributed by atoms with van der Waals surface area (Å²) in [5, 5.41) is 3.15. The zero-order valence-corrected chi connectivity index (χ0v) is 19.4. The molecule has 0 spiro atoms. The first kappa shape index (κ1) is 23.2. The van der Waals surface area contributed by atoms with E-state index in [4.69, 9.17) is 4.74 Å². The molecule has 0 saturated carbocycles. The lowest BCUT2D eigenvalue weighted by molar-refractivity contribution is 0.0729. The zero-order chi connectivity index (χ0) is 23.3. The van der Waals surface area contributed by atoms with Gasteiger partial charge in [0, 0.05) is 18.7 Å². The van der Waals surface area contributed by atoms with Crippen molar-refractivity contribution in [1.82, 2.24) is 9.62 Å². The first-order chi connectivity index (χ1) is 15.9. The minimum Gasteiger partial charge on any atom is -0.379 e. The van der Waals surface area contributed by atoms with Crippen molar-refractivity contribution >= 4 is 15.9 Å². The van der Waals surface area contributed by atoms with Crippen LogP contribution in [0.2, 0.25) is 0 Å². The third-order valence-electron chi connectivity index (χ3n) is 5.84. The average Bonchev–Trinajstić information content (AvgIpc) is 2.84. The van der Waals surface area contributed by atoms with Gasteiger partial charge < -0.3 is 10.1 Å². The number of hydrogen-bond acceptors (Lipinski definition) is 4. The number of carbonyl (C=O) groups is 1. The van der Waals surface area contributed by atoms with Crippen LogP contribution in [-0.2, 0) is 20.5 Å². The first-order valence-electron chi connectivity index (χ1n) is 11.0. The van der Waals surface area contributed by atoms with Gasteiger partial charge in [0.05, 0.1) is 25.0 Å². The van der Waals surface area contributed by atoms with Gasteiger partial charge in [0.25, 0.3) is 5.91 Å². The van der Waals surface area contributed by atoms with Gasteiger partial charge in [-0.15, -0.1) is 0 Å². The lowest BCUT2D eigenvalue weighted by Gasteiger charge is -2.26. The fourth-order valence-electron chi connectivity index (χ4n) is 3.99. The molecule has 6 nitrogen and oxygen atoms in total. The van der Waals surface area contributed by atoms with E-state index in [-0.39, 0.29) is 17.7 Å². The van der Waals surface area contributed by atoms with Crippen LogP contribution in [0.1, 0.15) is 38.7 Å². The molecule has 1 heterocycles. The summed E-state index contributed by atoms with van der Waals surface area (Å²) in [7, 11) is -3.41. The molecule has 0 aliphatic carbocycles. The third-order valence-corrected chi connectivity index (χ3v) is 7.69. The van der Waals surface area contributed by atoms with Crippen molar-refractivity contribution in [3.63, 3.8) is 0 Å². The number of ether oxygens (including phenoxy) is 1. The van der Waals surface area contributed by atoms with Gasteiger partial charge in [-0.1, -0.05) is 66.7 Å². The van der Waals surface area contributed by atoms with E-state index in [2.05, 4.69) is 5.32 Å². The van der Waals surface area contributed by atoms with E-state index < -0.39 is 10.0 Å². The SMILES string of the molecule is Cc1ccccc1[C@@H](NC(=O)c1ccc(CS(=O)(=O)N2CCOCC2)cc1)c1ccccc1. The minimum absolute atomic E-state index is 0.0925. The third kappa shape index (κ3) is 5.68. The Morgan fingerprint density at radius 1 is 0.939 bits per heavy atom. The quantitative estimate of drug-likeness (QED) is 0.579. The molecule has 0 aromatic heterocycles. The highest BCUT2D eigenvalue weighted by Gasteiger charge is 2.25. The number of morpholine rings is 1. The highest BCUT2D eigenvalue weighted by Crippen LogP contribution is 2.25. The number of carbonyl (C=O) groups excluding carboxylic acids is 1. The molecule has 7 heteroatoms. The van der Waals surface area contributed by atoms with E-state index in [0.29, 0.717) is 37.4 Å². The molecule has 3 aromatic rings. The summed E-state index contributed by atoms with van der Waals surface area (Å²) >= 11 is 0. The molecule has 1 atom stereocenters. The van der Waals surface area contributed by atoms with Gasteiger partial charge in [-0.2, -0.15) is 4.31 Å². The Labute approximate surface area is 195 Å². The number of benzene rings is 3. The lowest BCUT2D eigenvalue weighted by atomic mass is 9.94. The molecule has 1 fully saturated rings. The van der Waals surface area contributed by atoms with Gasteiger partial charge in [-0.25, -0.2) is 8.42 Å². The largest absolute Gasteiger partial charge is 0.379 e. The minimum atomic E-state index is -3.41. The van der Waals surface area contributed by atoms with Crippen molar-refractivity contribution < 1.29 is 17.9 Å². The molecule has 4 rings (SSSR count). The molecule has 172 valence electrons. The summed E-state index contributed by atoms with van der Waals surface area (Å²) in [5.41, 5.74) is 4.25. The second-order valence-corrected chi connectivity index (χ2v) is 10.1. The fourth-order valence-corrected chi connectivity index (χ4v) is 5.49. The van der Waals surface area contributed by atoms with Crippen molar-refractivity contribution in [1.29, 1.82) is 0 Å². The molecule has 1 N–H and O–H groups in total. The summed E-state index contributed by atoms with van der Waals surface area (Å²) in [6.45, 7) is 3.62. The van der Waals surface area contributed by atoms with Gasteiger partial charge in [0.1, 0.15) is 0 Å². The maximum atomic E-state index is 13.1. The molecule has 33 heavy (non-hydrogen) atoms. The molecule has 1 saturated heterocycles. The number of hydrogen-bond donors (Lipinski definition) is 1. The Hall–Kier alpha value is -3.00. The molecular weight excluding hydrogens is 436 g/mol. The van der Waals surface area contributed by atoms with Crippen LogP contribution in [0.25, 0.3) is 0 Å². The second kappa shape index (κ2) is 10.3. The molecule has 1 aliphatic heterocycles. The van der Waals surface area contributed by atoms with Crippen LogP contribution in [0.15, 0.2) is 78.9 Å². The second-order valence-electron chi connectivity index (χ2n) is 8.14. The predicted octanol–water partition coefficient (Wildman–Crippen LogP) is 3.68. The van der Waals surface area contributed by atoms with Crippen LogP contribution in [-0.4, -0.2) is 44.9 Å². The smallest absolute Gasteiger partial charge is 0.252 e.